The standard InChI is InChI=1S/C33H37NO6/c1-4-6-10-20-40-27-18-15-25(21-28(27)38-3)30-29(31(35)24-13-16-26(17-14-24)39-19-5-2)32(36)33(37)34(30)22-23-11-8-7-9-12-23/h7-9,11-18,21,30,35H,4-6,10,19-20,22H2,1-3H3/b31-29+. The molecule has 1 N–H and O–H groups in total. The lowest BCUT2D eigenvalue weighted by Crippen LogP contribution is -2.29. The highest BCUT2D eigenvalue weighted by Crippen LogP contribution is 2.42. The summed E-state index contributed by atoms with van der Waals surface area (Å²) >= 11 is 0. The smallest absolute Gasteiger partial charge is 0.295 e. The van der Waals surface area contributed by atoms with E-state index in [-0.39, 0.29) is 17.9 Å². The zero-order valence-electron chi connectivity index (χ0n) is 23.4. The third-order valence-corrected chi connectivity index (χ3v) is 6.85. The molecule has 1 fully saturated rings. The van der Waals surface area contributed by atoms with E-state index in [2.05, 4.69) is 6.92 Å². The molecule has 7 heteroatoms. The molecule has 1 amide bonds. The summed E-state index contributed by atoms with van der Waals surface area (Å²) in [6, 6.07) is 20.9. The average Bonchev–Trinajstić information content (AvgIpc) is 3.23. The van der Waals surface area contributed by atoms with Crippen molar-refractivity contribution >= 4 is 17.4 Å². The molecule has 0 radical (unpaired) electrons. The average molecular weight is 544 g/mol. The first-order chi connectivity index (χ1) is 19.5. The number of hydrogen-bond donors (Lipinski definition) is 1. The van der Waals surface area contributed by atoms with Crippen LogP contribution in [0.3, 0.4) is 0 Å². The van der Waals surface area contributed by atoms with Gasteiger partial charge in [-0.3, -0.25) is 9.59 Å². The Bertz CT molecular complexity index is 1330. The molecule has 0 aliphatic carbocycles. The van der Waals surface area contributed by atoms with Crippen LogP contribution in [0.1, 0.15) is 62.3 Å². The number of carbonyl (C=O) groups is 2. The zero-order chi connectivity index (χ0) is 28.5. The first-order valence-electron chi connectivity index (χ1n) is 13.8. The topological polar surface area (TPSA) is 85.3 Å². The molecule has 40 heavy (non-hydrogen) atoms. The summed E-state index contributed by atoms with van der Waals surface area (Å²) in [6.07, 6.45) is 3.97. The maximum Gasteiger partial charge on any atom is 0.295 e. The molecule has 1 unspecified atom stereocenters. The Labute approximate surface area is 236 Å². The number of methoxy groups -OCH3 is 1. The Hall–Kier alpha value is -4.26. The third-order valence-electron chi connectivity index (χ3n) is 6.85. The molecule has 1 heterocycles. The fourth-order valence-corrected chi connectivity index (χ4v) is 4.76. The van der Waals surface area contributed by atoms with Gasteiger partial charge in [-0.15, -0.1) is 0 Å². The first kappa shape index (κ1) is 28.7. The van der Waals surface area contributed by atoms with Gasteiger partial charge in [0.05, 0.1) is 31.9 Å². The number of ether oxygens (including phenoxy) is 3. The van der Waals surface area contributed by atoms with Crippen LogP contribution in [0.15, 0.2) is 78.4 Å². The number of carbonyl (C=O) groups excluding carboxylic acids is 2. The van der Waals surface area contributed by atoms with E-state index in [1.165, 1.54) is 4.90 Å². The molecular weight excluding hydrogens is 506 g/mol. The molecule has 210 valence electrons. The number of amides is 1. The number of benzene rings is 3. The van der Waals surface area contributed by atoms with Gasteiger partial charge in [-0.1, -0.05) is 63.1 Å². The highest BCUT2D eigenvalue weighted by Gasteiger charge is 2.46. The number of rotatable bonds is 13. The van der Waals surface area contributed by atoms with Gasteiger partial charge in [0.1, 0.15) is 11.5 Å². The summed E-state index contributed by atoms with van der Waals surface area (Å²) in [5, 5.41) is 11.4. The Morgan fingerprint density at radius 2 is 1.60 bits per heavy atom. The number of Topliss-reactive ketones (excluding diaryl/α,β-unsaturated/α-hetero) is 1. The van der Waals surface area contributed by atoms with Crippen LogP contribution in [0.2, 0.25) is 0 Å². The molecular formula is C33H37NO6. The third kappa shape index (κ3) is 6.47. The van der Waals surface area contributed by atoms with Crippen molar-refractivity contribution in [2.24, 2.45) is 0 Å². The number of likely N-dealkylation sites (tertiary alicyclic amines) is 1. The van der Waals surface area contributed by atoms with Crippen LogP contribution in [-0.4, -0.2) is 42.0 Å². The number of nitrogens with zero attached hydrogens (tertiary/aromatic N) is 1. The van der Waals surface area contributed by atoms with Crippen LogP contribution in [0.5, 0.6) is 17.2 Å². The van der Waals surface area contributed by atoms with E-state index in [4.69, 9.17) is 14.2 Å². The van der Waals surface area contributed by atoms with E-state index in [0.717, 1.165) is 31.2 Å². The zero-order valence-corrected chi connectivity index (χ0v) is 23.4. The van der Waals surface area contributed by atoms with Crippen LogP contribution in [-0.2, 0) is 16.1 Å². The summed E-state index contributed by atoms with van der Waals surface area (Å²) in [5.41, 5.74) is 1.96. The number of aliphatic hydroxyl groups excluding tert-OH is 1. The van der Waals surface area contributed by atoms with Crippen molar-refractivity contribution in [1.82, 2.24) is 4.90 Å². The van der Waals surface area contributed by atoms with E-state index >= 15 is 0 Å². The summed E-state index contributed by atoms with van der Waals surface area (Å²) in [4.78, 5) is 28.3. The second kappa shape index (κ2) is 13.7. The lowest BCUT2D eigenvalue weighted by molar-refractivity contribution is -0.140. The summed E-state index contributed by atoms with van der Waals surface area (Å²) in [5.74, 6) is 0.112. The van der Waals surface area contributed by atoms with E-state index in [1.54, 1.807) is 43.5 Å². The minimum atomic E-state index is -0.820. The summed E-state index contributed by atoms with van der Waals surface area (Å²) in [7, 11) is 1.56. The van der Waals surface area contributed by atoms with E-state index in [0.29, 0.717) is 41.6 Å². The van der Waals surface area contributed by atoms with E-state index in [1.807, 2.05) is 43.3 Å². The SMILES string of the molecule is CCCCCOc1ccc(C2/C(=C(\O)c3ccc(OCCC)cc3)C(=O)C(=O)N2Cc2ccccc2)cc1OC. The van der Waals surface area contributed by atoms with Crippen LogP contribution in [0.25, 0.3) is 5.76 Å². The molecule has 1 aliphatic heterocycles. The molecule has 1 atom stereocenters. The van der Waals surface area contributed by atoms with Crippen LogP contribution in [0, 0.1) is 0 Å². The first-order valence-corrected chi connectivity index (χ1v) is 13.8. The van der Waals surface area contributed by atoms with Gasteiger partial charge < -0.3 is 24.2 Å². The predicted octanol–water partition coefficient (Wildman–Crippen LogP) is 6.67. The van der Waals surface area contributed by atoms with E-state index in [9.17, 15) is 14.7 Å². The van der Waals surface area contributed by atoms with Crippen molar-refractivity contribution in [3.8, 4) is 17.2 Å². The number of hydrogen-bond acceptors (Lipinski definition) is 6. The summed E-state index contributed by atoms with van der Waals surface area (Å²) in [6.45, 7) is 5.50. The molecule has 0 saturated carbocycles. The normalized spacial score (nSPS) is 16.3. The van der Waals surface area contributed by atoms with Gasteiger partial charge in [0.25, 0.3) is 11.7 Å². The number of aliphatic hydroxyl groups is 1. The molecule has 0 aromatic heterocycles. The van der Waals surface area contributed by atoms with Gasteiger partial charge in [-0.05, 0) is 60.4 Å². The second-order valence-corrected chi connectivity index (χ2v) is 9.75. The van der Waals surface area contributed by atoms with Crippen LogP contribution < -0.4 is 14.2 Å². The lowest BCUT2D eigenvalue weighted by atomic mass is 9.94. The van der Waals surface area contributed by atoms with Gasteiger partial charge in [-0.2, -0.15) is 0 Å². The minimum Gasteiger partial charge on any atom is -0.507 e. The Balaban J connectivity index is 1.76. The van der Waals surface area contributed by atoms with Crippen molar-refractivity contribution < 1.29 is 28.9 Å². The van der Waals surface area contributed by atoms with Crippen molar-refractivity contribution in [2.45, 2.75) is 52.1 Å². The molecule has 1 saturated heterocycles. The number of ketones is 1. The van der Waals surface area contributed by atoms with Crippen molar-refractivity contribution in [3.05, 3.63) is 95.1 Å². The largest absolute Gasteiger partial charge is 0.507 e. The Kier molecular flexibility index (Phi) is 9.84. The second-order valence-electron chi connectivity index (χ2n) is 9.75. The minimum absolute atomic E-state index is 0.0295. The molecule has 7 nitrogen and oxygen atoms in total. The Morgan fingerprint density at radius 3 is 2.27 bits per heavy atom. The fraction of sp³-hybridized carbons (Fsp3) is 0.333. The van der Waals surface area contributed by atoms with Crippen LogP contribution >= 0.6 is 0 Å². The quantitative estimate of drug-likeness (QED) is 0.112. The number of unbranched alkanes of at least 4 members (excludes halogenated alkanes) is 2. The Morgan fingerprint density at radius 1 is 0.850 bits per heavy atom. The molecule has 0 spiro atoms. The van der Waals surface area contributed by atoms with E-state index < -0.39 is 17.7 Å². The lowest BCUT2D eigenvalue weighted by Gasteiger charge is -2.26. The molecule has 1 aliphatic rings. The summed E-state index contributed by atoms with van der Waals surface area (Å²) < 4.78 is 17.2. The predicted molar refractivity (Wildman–Crippen MR) is 155 cm³/mol. The maximum absolute atomic E-state index is 13.4. The fourth-order valence-electron chi connectivity index (χ4n) is 4.76. The highest BCUT2D eigenvalue weighted by molar-refractivity contribution is 6.46. The molecule has 3 aromatic rings. The molecule has 0 bridgehead atoms. The van der Waals surface area contributed by atoms with Gasteiger partial charge in [0, 0.05) is 12.1 Å². The highest BCUT2D eigenvalue weighted by atomic mass is 16.5. The van der Waals surface area contributed by atoms with Crippen molar-refractivity contribution in [1.29, 1.82) is 0 Å². The molecule has 3 aromatic carbocycles. The maximum atomic E-state index is 13.4. The van der Waals surface area contributed by atoms with Crippen LogP contribution in [0.4, 0.5) is 0 Å². The van der Waals surface area contributed by atoms with Gasteiger partial charge in [0.2, 0.25) is 0 Å². The monoisotopic (exact) mass is 543 g/mol. The van der Waals surface area contributed by atoms with Crippen molar-refractivity contribution in [3.63, 3.8) is 0 Å². The molecule has 4 rings (SSSR count). The van der Waals surface area contributed by atoms with Crippen molar-refractivity contribution in [2.75, 3.05) is 20.3 Å². The van der Waals surface area contributed by atoms with Gasteiger partial charge in [-0.25, -0.2) is 0 Å². The van der Waals surface area contributed by atoms with Gasteiger partial charge in [0.15, 0.2) is 11.5 Å². The van der Waals surface area contributed by atoms with Gasteiger partial charge >= 0.3 is 0 Å².